The number of carbonyl (C=O) groups is 1. The molecule has 154 valence electrons. The van der Waals surface area contributed by atoms with E-state index in [0.29, 0.717) is 12.4 Å². The summed E-state index contributed by atoms with van der Waals surface area (Å²) in [7, 11) is 2.00. The molecule has 4 bridgehead atoms. The Kier molecular flexibility index (Phi) is 4.45. The van der Waals surface area contributed by atoms with Crippen LogP contribution in [0.3, 0.4) is 0 Å². The van der Waals surface area contributed by atoms with Crippen molar-refractivity contribution in [3.05, 3.63) is 47.3 Å². The maximum absolute atomic E-state index is 13.2. The number of benzene rings is 1. The third-order valence-corrected chi connectivity index (χ3v) is 7.56. The minimum atomic E-state index is 0.0530. The molecule has 4 aliphatic rings. The Morgan fingerprint density at radius 1 is 1.14 bits per heavy atom. The Morgan fingerprint density at radius 3 is 2.41 bits per heavy atom. The minimum absolute atomic E-state index is 0.0530. The van der Waals surface area contributed by atoms with E-state index in [-0.39, 0.29) is 11.4 Å². The zero-order chi connectivity index (χ0) is 20.2. The molecule has 6 rings (SSSR count). The highest BCUT2D eigenvalue weighted by Gasteiger charge is 2.53. The van der Waals surface area contributed by atoms with Crippen LogP contribution in [-0.4, -0.2) is 33.2 Å². The highest BCUT2D eigenvalue weighted by Crippen LogP contribution is 2.57. The second-order valence-electron chi connectivity index (χ2n) is 9.79. The maximum Gasteiger partial charge on any atom is 0.274 e. The summed E-state index contributed by atoms with van der Waals surface area (Å²) in [4.78, 5) is 15.3. The van der Waals surface area contributed by atoms with Gasteiger partial charge in [-0.05, 0) is 87.8 Å². The van der Waals surface area contributed by atoms with Crippen LogP contribution in [-0.2, 0) is 6.73 Å². The fraction of sp³-hybridized carbons (Fsp3) is 0.583. The number of carbonyl (C=O) groups excluding carboxylic acids is 1. The summed E-state index contributed by atoms with van der Waals surface area (Å²) < 4.78 is 7.62. The van der Waals surface area contributed by atoms with Crippen LogP contribution in [0.15, 0.2) is 30.5 Å². The van der Waals surface area contributed by atoms with Gasteiger partial charge in [-0.3, -0.25) is 4.79 Å². The molecular formula is C24H31N3O2. The van der Waals surface area contributed by atoms with Crippen LogP contribution in [0.4, 0.5) is 0 Å². The van der Waals surface area contributed by atoms with E-state index in [1.54, 1.807) is 4.68 Å². The minimum Gasteiger partial charge on any atom is -0.471 e. The van der Waals surface area contributed by atoms with Crippen LogP contribution in [0.5, 0.6) is 5.75 Å². The van der Waals surface area contributed by atoms with E-state index >= 15 is 0 Å². The normalized spacial score (nSPS) is 29.8. The zero-order valence-electron chi connectivity index (χ0n) is 17.7. The number of hydrogen-bond donors (Lipinski definition) is 0. The van der Waals surface area contributed by atoms with Crippen molar-refractivity contribution in [2.45, 2.75) is 64.6 Å². The van der Waals surface area contributed by atoms with Crippen molar-refractivity contribution in [3.63, 3.8) is 0 Å². The van der Waals surface area contributed by atoms with Gasteiger partial charge in [0.15, 0.2) is 12.4 Å². The van der Waals surface area contributed by atoms with Crippen LogP contribution < -0.4 is 4.74 Å². The summed E-state index contributed by atoms with van der Waals surface area (Å²) in [5.41, 5.74) is 2.91. The molecule has 1 aromatic heterocycles. The van der Waals surface area contributed by atoms with E-state index in [4.69, 9.17) is 4.74 Å². The SMILES string of the molecule is Cc1ccc(OCn2ccc(C(=O)N(C)C34CC5CC(CC(C5)C3)C4)n2)c(C)c1. The number of aryl methyl sites for hydroxylation is 2. The molecule has 29 heavy (non-hydrogen) atoms. The fourth-order valence-electron chi connectivity index (χ4n) is 6.51. The van der Waals surface area contributed by atoms with Gasteiger partial charge in [-0.15, -0.1) is 0 Å². The Bertz CT molecular complexity index is 897. The largest absolute Gasteiger partial charge is 0.471 e. The summed E-state index contributed by atoms with van der Waals surface area (Å²) in [6.07, 6.45) is 9.51. The van der Waals surface area contributed by atoms with Gasteiger partial charge in [-0.25, -0.2) is 4.68 Å². The highest BCUT2D eigenvalue weighted by molar-refractivity contribution is 5.92. The number of amides is 1. The Morgan fingerprint density at radius 2 is 1.79 bits per heavy atom. The number of ether oxygens (including phenoxy) is 1. The number of hydrogen-bond acceptors (Lipinski definition) is 3. The lowest BCUT2D eigenvalue weighted by molar-refractivity contribution is -0.0667. The Hall–Kier alpha value is -2.30. The molecule has 0 spiro atoms. The molecule has 1 heterocycles. The molecule has 4 saturated carbocycles. The summed E-state index contributed by atoms with van der Waals surface area (Å²) in [5.74, 6) is 3.36. The molecule has 2 aromatic rings. The molecule has 5 nitrogen and oxygen atoms in total. The van der Waals surface area contributed by atoms with Crippen LogP contribution in [0.25, 0.3) is 0 Å². The van der Waals surface area contributed by atoms with Gasteiger partial charge in [0.1, 0.15) is 5.75 Å². The highest BCUT2D eigenvalue weighted by atomic mass is 16.5. The predicted octanol–water partition coefficient (Wildman–Crippen LogP) is 4.58. The van der Waals surface area contributed by atoms with Crippen molar-refractivity contribution in [1.82, 2.24) is 14.7 Å². The van der Waals surface area contributed by atoms with E-state index < -0.39 is 0 Å². The molecular weight excluding hydrogens is 362 g/mol. The summed E-state index contributed by atoms with van der Waals surface area (Å²) in [6.45, 7) is 4.42. The molecule has 0 unspecified atom stereocenters. The number of rotatable bonds is 5. The quantitative estimate of drug-likeness (QED) is 0.747. The topological polar surface area (TPSA) is 47.4 Å². The Labute approximate surface area is 173 Å². The molecule has 5 heteroatoms. The van der Waals surface area contributed by atoms with Crippen LogP contribution in [0, 0.1) is 31.6 Å². The van der Waals surface area contributed by atoms with E-state index in [2.05, 4.69) is 18.1 Å². The van der Waals surface area contributed by atoms with Gasteiger partial charge in [0.2, 0.25) is 0 Å². The molecule has 0 N–H and O–H groups in total. The zero-order valence-corrected chi connectivity index (χ0v) is 17.7. The van der Waals surface area contributed by atoms with Crippen molar-refractivity contribution in [3.8, 4) is 5.75 Å². The van der Waals surface area contributed by atoms with Gasteiger partial charge >= 0.3 is 0 Å². The van der Waals surface area contributed by atoms with E-state index in [0.717, 1.165) is 29.1 Å². The van der Waals surface area contributed by atoms with Crippen molar-refractivity contribution in [1.29, 1.82) is 0 Å². The third-order valence-electron chi connectivity index (χ3n) is 7.56. The number of nitrogens with zero attached hydrogens (tertiary/aromatic N) is 3. The number of aromatic nitrogens is 2. The van der Waals surface area contributed by atoms with Gasteiger partial charge in [-0.1, -0.05) is 17.7 Å². The molecule has 0 radical (unpaired) electrons. The van der Waals surface area contributed by atoms with Gasteiger partial charge < -0.3 is 9.64 Å². The second kappa shape index (κ2) is 6.89. The summed E-state index contributed by atoms with van der Waals surface area (Å²) in [6, 6.07) is 7.96. The predicted molar refractivity (Wildman–Crippen MR) is 112 cm³/mol. The van der Waals surface area contributed by atoms with E-state index in [1.165, 1.54) is 44.1 Å². The maximum atomic E-state index is 13.2. The van der Waals surface area contributed by atoms with Gasteiger partial charge in [-0.2, -0.15) is 5.10 Å². The first-order valence-electron chi connectivity index (χ1n) is 10.9. The smallest absolute Gasteiger partial charge is 0.274 e. The molecule has 4 aliphatic carbocycles. The van der Waals surface area contributed by atoms with Crippen molar-refractivity contribution < 1.29 is 9.53 Å². The lowest BCUT2D eigenvalue weighted by Crippen LogP contribution is -2.60. The fourth-order valence-corrected chi connectivity index (χ4v) is 6.51. The first-order valence-corrected chi connectivity index (χ1v) is 10.9. The van der Waals surface area contributed by atoms with Crippen molar-refractivity contribution >= 4 is 5.91 Å². The molecule has 0 aliphatic heterocycles. The molecule has 1 aromatic carbocycles. The van der Waals surface area contributed by atoms with Crippen LogP contribution in [0.1, 0.15) is 60.1 Å². The van der Waals surface area contributed by atoms with Crippen molar-refractivity contribution in [2.75, 3.05) is 7.05 Å². The molecule has 0 saturated heterocycles. The molecule has 1 amide bonds. The summed E-state index contributed by atoms with van der Waals surface area (Å²) in [5, 5.41) is 4.52. The average Bonchev–Trinajstić information content (AvgIpc) is 3.14. The van der Waals surface area contributed by atoms with Gasteiger partial charge in [0.25, 0.3) is 5.91 Å². The standard InChI is InChI=1S/C24H31N3O2/c1-16-4-5-22(17(2)8-16)29-15-27-7-6-21(25-27)23(28)26(3)24-12-18-9-19(13-24)11-20(10-18)14-24/h4-8,18-20H,9-15H2,1-3H3. The monoisotopic (exact) mass is 393 g/mol. The molecule has 4 fully saturated rings. The average molecular weight is 394 g/mol. The Balaban J connectivity index is 1.27. The second-order valence-corrected chi connectivity index (χ2v) is 9.79. The van der Waals surface area contributed by atoms with Gasteiger partial charge in [0, 0.05) is 18.8 Å². The third kappa shape index (κ3) is 3.34. The lowest BCUT2D eigenvalue weighted by Gasteiger charge is -2.59. The lowest BCUT2D eigenvalue weighted by atomic mass is 9.52. The first-order chi connectivity index (χ1) is 13.9. The summed E-state index contributed by atoms with van der Waals surface area (Å²) >= 11 is 0. The molecule has 0 atom stereocenters. The van der Waals surface area contributed by atoms with Crippen LogP contribution in [0.2, 0.25) is 0 Å². The van der Waals surface area contributed by atoms with Gasteiger partial charge in [0.05, 0.1) is 0 Å². The van der Waals surface area contributed by atoms with Crippen LogP contribution >= 0.6 is 0 Å². The van der Waals surface area contributed by atoms with Crippen molar-refractivity contribution in [2.24, 2.45) is 17.8 Å². The van der Waals surface area contributed by atoms with E-state index in [9.17, 15) is 4.79 Å². The van der Waals surface area contributed by atoms with E-state index in [1.807, 2.05) is 43.3 Å². The first kappa shape index (κ1) is 18.7.